The van der Waals surface area contributed by atoms with Crippen molar-refractivity contribution in [2.75, 3.05) is 13.7 Å². The Morgan fingerprint density at radius 2 is 1.70 bits per heavy atom. The molecule has 6 nitrogen and oxygen atoms in total. The molecule has 1 atom stereocenters. The van der Waals surface area contributed by atoms with Gasteiger partial charge < -0.3 is 19.7 Å². The van der Waals surface area contributed by atoms with E-state index in [1.807, 2.05) is 68.4 Å². The molecular formula is C24H32N2O4. The molecule has 6 heteroatoms. The van der Waals surface area contributed by atoms with Crippen LogP contribution in [0.3, 0.4) is 0 Å². The van der Waals surface area contributed by atoms with Crippen molar-refractivity contribution in [1.29, 1.82) is 0 Å². The zero-order valence-corrected chi connectivity index (χ0v) is 18.3. The molecule has 0 aliphatic rings. The number of para-hydroxylation sites is 1. The molecule has 0 bridgehead atoms. The normalized spacial score (nSPS) is 11.6. The summed E-state index contributed by atoms with van der Waals surface area (Å²) in [6, 6.07) is 16.5. The zero-order chi connectivity index (χ0) is 21.9. The van der Waals surface area contributed by atoms with Gasteiger partial charge in [0.05, 0.1) is 13.7 Å². The van der Waals surface area contributed by atoms with Crippen LogP contribution in [0.5, 0.6) is 11.5 Å². The number of ether oxygens (including phenoxy) is 2. The average Bonchev–Trinajstić information content (AvgIpc) is 2.74. The first-order chi connectivity index (χ1) is 14.4. The van der Waals surface area contributed by atoms with Gasteiger partial charge in [0.15, 0.2) is 0 Å². The van der Waals surface area contributed by atoms with Crippen LogP contribution < -0.4 is 14.8 Å². The fraction of sp³-hybridized carbons (Fsp3) is 0.417. The average molecular weight is 413 g/mol. The number of nitrogens with one attached hydrogen (secondary N) is 1. The molecule has 0 saturated heterocycles. The van der Waals surface area contributed by atoms with Crippen LogP contribution >= 0.6 is 0 Å². The Balaban J connectivity index is 2.02. The number of methoxy groups -OCH3 is 1. The molecule has 30 heavy (non-hydrogen) atoms. The molecule has 1 N–H and O–H groups in total. The highest BCUT2D eigenvalue weighted by atomic mass is 16.5. The number of hydrogen-bond donors (Lipinski definition) is 1. The Morgan fingerprint density at radius 3 is 2.37 bits per heavy atom. The van der Waals surface area contributed by atoms with E-state index >= 15 is 0 Å². The number of rotatable bonds is 11. The highest BCUT2D eigenvalue weighted by Crippen LogP contribution is 2.17. The third-order valence-corrected chi connectivity index (χ3v) is 4.63. The highest BCUT2D eigenvalue weighted by Gasteiger charge is 2.26. The summed E-state index contributed by atoms with van der Waals surface area (Å²) in [4.78, 5) is 27.2. The molecule has 0 saturated carbocycles. The maximum Gasteiger partial charge on any atom is 0.242 e. The fourth-order valence-corrected chi connectivity index (χ4v) is 3.03. The Labute approximate surface area is 179 Å². The predicted molar refractivity (Wildman–Crippen MR) is 117 cm³/mol. The quantitative estimate of drug-likeness (QED) is 0.570. The lowest BCUT2D eigenvalue weighted by Crippen LogP contribution is -2.49. The summed E-state index contributed by atoms with van der Waals surface area (Å²) in [7, 11) is 1.60. The van der Waals surface area contributed by atoms with Crippen LogP contribution in [0.25, 0.3) is 0 Å². The molecule has 0 heterocycles. The second-order valence-corrected chi connectivity index (χ2v) is 7.48. The predicted octanol–water partition coefficient (Wildman–Crippen LogP) is 3.80. The molecule has 1 unspecified atom stereocenters. The van der Waals surface area contributed by atoms with Gasteiger partial charge in [0.2, 0.25) is 11.8 Å². The monoisotopic (exact) mass is 412 g/mol. The van der Waals surface area contributed by atoms with E-state index < -0.39 is 6.04 Å². The van der Waals surface area contributed by atoms with Crippen molar-refractivity contribution in [3.63, 3.8) is 0 Å². The van der Waals surface area contributed by atoms with Gasteiger partial charge in [-0.25, -0.2) is 0 Å². The molecule has 2 aromatic rings. The minimum atomic E-state index is -0.582. The van der Waals surface area contributed by atoms with Crippen molar-refractivity contribution >= 4 is 11.8 Å². The van der Waals surface area contributed by atoms with Gasteiger partial charge in [0, 0.05) is 19.0 Å². The van der Waals surface area contributed by atoms with E-state index in [2.05, 4.69) is 5.32 Å². The van der Waals surface area contributed by atoms with Crippen molar-refractivity contribution in [3.8, 4) is 11.5 Å². The van der Waals surface area contributed by atoms with E-state index in [9.17, 15) is 9.59 Å². The molecule has 0 spiro atoms. The molecule has 0 aromatic heterocycles. The number of carbonyl (C=O) groups is 2. The molecule has 0 radical (unpaired) electrons. The fourth-order valence-electron chi connectivity index (χ4n) is 3.03. The lowest BCUT2D eigenvalue weighted by atomic mass is 10.1. The lowest BCUT2D eigenvalue weighted by Gasteiger charge is -2.29. The Kier molecular flexibility index (Phi) is 9.19. The largest absolute Gasteiger partial charge is 0.497 e. The summed E-state index contributed by atoms with van der Waals surface area (Å²) in [6.07, 6.45) is 0.872. The van der Waals surface area contributed by atoms with Crippen LogP contribution in [0, 0.1) is 0 Å². The van der Waals surface area contributed by atoms with Crippen LogP contribution in [-0.2, 0) is 16.1 Å². The van der Waals surface area contributed by atoms with Gasteiger partial charge in [-0.1, -0.05) is 30.3 Å². The second-order valence-electron chi connectivity index (χ2n) is 7.48. The van der Waals surface area contributed by atoms with Crippen molar-refractivity contribution in [2.24, 2.45) is 0 Å². The van der Waals surface area contributed by atoms with Crippen LogP contribution in [0.2, 0.25) is 0 Å². The smallest absolute Gasteiger partial charge is 0.242 e. The number of hydrogen-bond acceptors (Lipinski definition) is 4. The lowest BCUT2D eigenvalue weighted by molar-refractivity contribution is -0.141. The Morgan fingerprint density at radius 1 is 1.00 bits per heavy atom. The number of amides is 2. The minimum absolute atomic E-state index is 0.00740. The molecule has 2 amide bonds. The van der Waals surface area contributed by atoms with E-state index in [1.165, 1.54) is 0 Å². The van der Waals surface area contributed by atoms with Crippen molar-refractivity contribution in [1.82, 2.24) is 10.2 Å². The molecular weight excluding hydrogens is 380 g/mol. The first-order valence-electron chi connectivity index (χ1n) is 10.3. The molecule has 2 rings (SSSR count). The molecule has 0 fully saturated rings. The summed E-state index contributed by atoms with van der Waals surface area (Å²) in [5.41, 5.74) is 0.910. The number of carbonyl (C=O) groups excluding carboxylic acids is 2. The van der Waals surface area contributed by atoms with Gasteiger partial charge >= 0.3 is 0 Å². The number of benzene rings is 2. The Bertz CT molecular complexity index is 808. The maximum absolute atomic E-state index is 13.0. The highest BCUT2D eigenvalue weighted by molar-refractivity contribution is 5.87. The van der Waals surface area contributed by atoms with E-state index in [0.717, 1.165) is 17.1 Å². The van der Waals surface area contributed by atoms with E-state index in [-0.39, 0.29) is 17.9 Å². The van der Waals surface area contributed by atoms with E-state index in [1.54, 1.807) is 18.9 Å². The summed E-state index contributed by atoms with van der Waals surface area (Å²) in [5, 5.41) is 2.89. The van der Waals surface area contributed by atoms with E-state index in [0.29, 0.717) is 26.0 Å². The van der Waals surface area contributed by atoms with E-state index in [4.69, 9.17) is 9.47 Å². The van der Waals surface area contributed by atoms with Crippen LogP contribution in [0.1, 0.15) is 39.2 Å². The van der Waals surface area contributed by atoms with Gasteiger partial charge in [-0.05, 0) is 57.0 Å². The third-order valence-electron chi connectivity index (χ3n) is 4.63. The summed E-state index contributed by atoms with van der Waals surface area (Å²) < 4.78 is 11.0. The first kappa shape index (κ1) is 23.3. The Hall–Kier alpha value is -3.02. The van der Waals surface area contributed by atoms with Crippen LogP contribution in [-0.4, -0.2) is 42.5 Å². The first-order valence-corrected chi connectivity index (χ1v) is 10.3. The summed E-state index contributed by atoms with van der Waals surface area (Å²) in [6.45, 7) is 6.34. The second kappa shape index (κ2) is 11.9. The van der Waals surface area contributed by atoms with Crippen LogP contribution in [0.15, 0.2) is 54.6 Å². The number of nitrogens with zero attached hydrogens (tertiary/aromatic N) is 1. The van der Waals surface area contributed by atoms with Gasteiger partial charge in [0.1, 0.15) is 17.5 Å². The van der Waals surface area contributed by atoms with Crippen molar-refractivity contribution < 1.29 is 19.1 Å². The van der Waals surface area contributed by atoms with Gasteiger partial charge in [0.25, 0.3) is 0 Å². The maximum atomic E-state index is 13.0. The van der Waals surface area contributed by atoms with Gasteiger partial charge in [-0.2, -0.15) is 0 Å². The molecule has 0 aliphatic heterocycles. The van der Waals surface area contributed by atoms with Crippen molar-refractivity contribution in [3.05, 3.63) is 60.2 Å². The molecule has 2 aromatic carbocycles. The summed E-state index contributed by atoms with van der Waals surface area (Å²) >= 11 is 0. The molecule has 162 valence electrons. The standard InChI is InChI=1S/C24H32N2O4/c1-18(2)25-24(28)19(3)26(17-20-10-8-13-22(16-20)29-4)23(27)14-9-15-30-21-11-6-5-7-12-21/h5-8,10-13,16,18-19H,9,14-15,17H2,1-4H3,(H,25,28). The topological polar surface area (TPSA) is 67.9 Å². The third kappa shape index (κ3) is 7.43. The van der Waals surface area contributed by atoms with Crippen molar-refractivity contribution in [2.45, 2.75) is 52.2 Å². The minimum Gasteiger partial charge on any atom is -0.497 e. The zero-order valence-electron chi connectivity index (χ0n) is 18.3. The van der Waals surface area contributed by atoms with Gasteiger partial charge in [-0.15, -0.1) is 0 Å². The molecule has 0 aliphatic carbocycles. The SMILES string of the molecule is COc1cccc(CN(C(=O)CCCOc2ccccc2)C(C)C(=O)NC(C)C)c1. The summed E-state index contributed by atoms with van der Waals surface area (Å²) in [5.74, 6) is 1.25. The van der Waals surface area contributed by atoms with Gasteiger partial charge in [-0.3, -0.25) is 9.59 Å². The van der Waals surface area contributed by atoms with Crippen LogP contribution in [0.4, 0.5) is 0 Å².